The lowest BCUT2D eigenvalue weighted by atomic mass is 9.93. The van der Waals surface area contributed by atoms with Gasteiger partial charge >= 0.3 is 0 Å². The van der Waals surface area contributed by atoms with Crippen molar-refractivity contribution >= 4 is 0 Å². The Kier molecular flexibility index (Phi) is 3.29. The summed E-state index contributed by atoms with van der Waals surface area (Å²) in [5, 5.41) is 3.61. The predicted molar refractivity (Wildman–Crippen MR) is 78.8 cm³/mol. The van der Waals surface area contributed by atoms with E-state index in [1.54, 1.807) is 6.07 Å². The molecule has 0 saturated heterocycles. The van der Waals surface area contributed by atoms with Gasteiger partial charge in [-0.15, -0.1) is 0 Å². The van der Waals surface area contributed by atoms with Gasteiger partial charge in [0.25, 0.3) is 0 Å². The molecule has 0 aromatic heterocycles. The highest BCUT2D eigenvalue weighted by molar-refractivity contribution is 5.22. The van der Waals surface area contributed by atoms with E-state index in [1.165, 1.54) is 31.4 Å². The molecule has 5 unspecified atom stereocenters. The average molecular weight is 291 g/mol. The zero-order chi connectivity index (χ0) is 14.6. The largest absolute Gasteiger partial charge is 0.314 e. The lowest BCUT2D eigenvalue weighted by Crippen LogP contribution is -2.35. The highest BCUT2D eigenvalue weighted by atomic mass is 19.2. The summed E-state index contributed by atoms with van der Waals surface area (Å²) in [6.07, 6.45) is 5.12. The molecule has 3 aliphatic carbocycles. The second-order valence-electron chi connectivity index (χ2n) is 7.18. The lowest BCUT2D eigenvalue weighted by Gasteiger charge is -2.21. The quantitative estimate of drug-likeness (QED) is 0.870. The molecule has 2 bridgehead atoms. The van der Waals surface area contributed by atoms with Gasteiger partial charge in [-0.1, -0.05) is 13.0 Å². The summed E-state index contributed by atoms with van der Waals surface area (Å²) in [4.78, 5) is 0. The molecule has 0 radical (unpaired) electrons. The van der Waals surface area contributed by atoms with Gasteiger partial charge in [0.15, 0.2) is 11.6 Å². The predicted octanol–water partition coefficient (Wildman–Crippen LogP) is 3.78. The molecular formula is C18H23F2N. The van der Waals surface area contributed by atoms with E-state index in [0.717, 1.165) is 48.1 Å². The third-order valence-corrected chi connectivity index (χ3v) is 6.17. The Bertz CT molecular complexity index is 528. The minimum absolute atomic E-state index is 0.429. The van der Waals surface area contributed by atoms with Crippen molar-refractivity contribution in [3.8, 4) is 0 Å². The fourth-order valence-corrected chi connectivity index (χ4v) is 5.46. The maximum absolute atomic E-state index is 13.4. The van der Waals surface area contributed by atoms with Crippen molar-refractivity contribution in [2.45, 2.75) is 38.6 Å². The molecule has 1 nitrogen and oxygen atoms in total. The van der Waals surface area contributed by atoms with E-state index < -0.39 is 11.6 Å². The van der Waals surface area contributed by atoms with Gasteiger partial charge in [-0.2, -0.15) is 0 Å². The fraction of sp³-hybridized carbons (Fsp3) is 0.667. The van der Waals surface area contributed by atoms with E-state index >= 15 is 0 Å². The topological polar surface area (TPSA) is 12.0 Å². The van der Waals surface area contributed by atoms with Crippen molar-refractivity contribution in [1.82, 2.24) is 5.32 Å². The Labute approximate surface area is 125 Å². The van der Waals surface area contributed by atoms with Crippen molar-refractivity contribution < 1.29 is 8.78 Å². The summed E-state index contributed by atoms with van der Waals surface area (Å²) in [7, 11) is 0. The van der Waals surface area contributed by atoms with Crippen LogP contribution in [0.25, 0.3) is 0 Å². The smallest absolute Gasteiger partial charge is 0.159 e. The normalized spacial score (nSPS) is 37.6. The lowest BCUT2D eigenvalue weighted by molar-refractivity contribution is 0.365. The number of likely N-dealkylation sites (N-methyl/N-ethyl adjacent to an activating group) is 1. The average Bonchev–Trinajstić information content (AvgIpc) is 2.89. The molecule has 3 fully saturated rings. The number of halogens is 2. The summed E-state index contributed by atoms with van der Waals surface area (Å²) in [6.45, 7) is 3.07. The maximum Gasteiger partial charge on any atom is 0.159 e. The van der Waals surface area contributed by atoms with Gasteiger partial charge < -0.3 is 5.32 Å². The van der Waals surface area contributed by atoms with E-state index in [0.29, 0.717) is 6.04 Å². The molecule has 0 amide bonds. The van der Waals surface area contributed by atoms with Gasteiger partial charge in [0.2, 0.25) is 0 Å². The van der Waals surface area contributed by atoms with Crippen LogP contribution in [0.2, 0.25) is 0 Å². The maximum atomic E-state index is 13.4. The number of nitrogens with one attached hydrogen (secondary N) is 1. The van der Waals surface area contributed by atoms with Crippen LogP contribution in [-0.4, -0.2) is 12.6 Å². The van der Waals surface area contributed by atoms with E-state index in [4.69, 9.17) is 0 Å². The van der Waals surface area contributed by atoms with Crippen LogP contribution < -0.4 is 5.32 Å². The first-order chi connectivity index (χ1) is 10.2. The molecule has 21 heavy (non-hydrogen) atoms. The number of rotatable bonds is 5. The van der Waals surface area contributed by atoms with Crippen molar-refractivity contribution in [2.24, 2.45) is 29.6 Å². The van der Waals surface area contributed by atoms with Crippen molar-refractivity contribution in [3.05, 3.63) is 35.4 Å². The van der Waals surface area contributed by atoms with Crippen molar-refractivity contribution in [1.29, 1.82) is 0 Å². The molecule has 0 heterocycles. The van der Waals surface area contributed by atoms with Crippen LogP contribution in [0, 0.1) is 41.2 Å². The number of hydrogen-bond donors (Lipinski definition) is 1. The SMILES string of the molecule is CCNC(Cc1ccc(F)c(F)c1)C1C2C3CCC(C3)C21. The van der Waals surface area contributed by atoms with Crippen molar-refractivity contribution in [3.63, 3.8) is 0 Å². The zero-order valence-corrected chi connectivity index (χ0v) is 12.5. The summed E-state index contributed by atoms with van der Waals surface area (Å²) in [5.74, 6) is 3.03. The van der Waals surface area contributed by atoms with Gasteiger partial charge in [0.1, 0.15) is 0 Å². The molecule has 114 valence electrons. The van der Waals surface area contributed by atoms with E-state index in [-0.39, 0.29) is 0 Å². The molecule has 1 aromatic rings. The molecule has 0 spiro atoms. The molecule has 3 heteroatoms. The Balaban J connectivity index is 1.49. The Morgan fingerprint density at radius 1 is 1.14 bits per heavy atom. The molecule has 3 aliphatic rings. The molecule has 1 N–H and O–H groups in total. The summed E-state index contributed by atoms with van der Waals surface area (Å²) in [5.41, 5.74) is 0.914. The summed E-state index contributed by atoms with van der Waals surface area (Å²) >= 11 is 0. The Morgan fingerprint density at radius 3 is 2.48 bits per heavy atom. The Morgan fingerprint density at radius 2 is 1.86 bits per heavy atom. The minimum atomic E-state index is -0.750. The summed E-state index contributed by atoms with van der Waals surface area (Å²) < 4.78 is 26.5. The summed E-state index contributed by atoms with van der Waals surface area (Å²) in [6, 6.07) is 4.78. The first kappa shape index (κ1) is 13.7. The van der Waals surface area contributed by atoms with Crippen LogP contribution in [0.4, 0.5) is 8.78 Å². The number of hydrogen-bond acceptors (Lipinski definition) is 1. The third-order valence-electron chi connectivity index (χ3n) is 6.17. The molecular weight excluding hydrogens is 268 g/mol. The van der Waals surface area contributed by atoms with Gasteiger partial charge in [0.05, 0.1) is 0 Å². The van der Waals surface area contributed by atoms with Crippen LogP contribution in [0.5, 0.6) is 0 Å². The van der Waals surface area contributed by atoms with Crippen LogP contribution in [-0.2, 0) is 6.42 Å². The number of benzene rings is 1. The Hall–Kier alpha value is -0.960. The number of fused-ring (bicyclic) bond motifs is 5. The van der Waals surface area contributed by atoms with Gasteiger partial charge in [-0.25, -0.2) is 8.78 Å². The van der Waals surface area contributed by atoms with Gasteiger partial charge in [-0.05, 0) is 79.5 Å². The van der Waals surface area contributed by atoms with Gasteiger partial charge in [0, 0.05) is 6.04 Å². The standard InChI is InChI=1S/C18H23F2N/c1-2-21-15(8-10-3-6-13(19)14(20)7-10)18-16-11-4-5-12(9-11)17(16)18/h3,6-7,11-12,15-18,21H,2,4-5,8-9H2,1H3. The van der Waals surface area contributed by atoms with E-state index in [1.807, 2.05) is 0 Å². The second-order valence-corrected chi connectivity index (χ2v) is 7.18. The fourth-order valence-electron chi connectivity index (χ4n) is 5.46. The van der Waals surface area contributed by atoms with Crippen LogP contribution in [0.1, 0.15) is 31.7 Å². The molecule has 5 atom stereocenters. The van der Waals surface area contributed by atoms with Crippen LogP contribution >= 0.6 is 0 Å². The van der Waals surface area contributed by atoms with Crippen LogP contribution in [0.3, 0.4) is 0 Å². The molecule has 1 aromatic carbocycles. The molecule has 3 saturated carbocycles. The highest BCUT2D eigenvalue weighted by Gasteiger charge is 2.66. The second kappa shape index (κ2) is 5.05. The first-order valence-corrected chi connectivity index (χ1v) is 8.36. The van der Waals surface area contributed by atoms with Gasteiger partial charge in [-0.3, -0.25) is 0 Å². The van der Waals surface area contributed by atoms with Crippen LogP contribution in [0.15, 0.2) is 18.2 Å². The monoisotopic (exact) mass is 291 g/mol. The van der Waals surface area contributed by atoms with E-state index in [2.05, 4.69) is 12.2 Å². The molecule has 4 rings (SSSR count). The first-order valence-electron chi connectivity index (χ1n) is 8.36. The molecule has 0 aliphatic heterocycles. The zero-order valence-electron chi connectivity index (χ0n) is 12.5. The minimum Gasteiger partial charge on any atom is -0.314 e. The third kappa shape index (κ3) is 2.21. The highest BCUT2D eigenvalue weighted by Crippen LogP contribution is 2.70. The van der Waals surface area contributed by atoms with E-state index in [9.17, 15) is 8.78 Å². The van der Waals surface area contributed by atoms with Crippen molar-refractivity contribution in [2.75, 3.05) is 6.54 Å².